The van der Waals surface area contributed by atoms with Crippen molar-refractivity contribution in [2.45, 2.75) is 26.3 Å². The molecule has 0 atom stereocenters. The highest BCUT2D eigenvalue weighted by Crippen LogP contribution is 2.25. The summed E-state index contributed by atoms with van der Waals surface area (Å²) in [5.74, 6) is -0.184. The topological polar surface area (TPSA) is 70.2 Å². The standard InChI is InChI=1S/C19H22ClN3O2/c1-2-6-18(24)23-15-9-10-16(20)17(11-15)21-13-19(25)22-12-14-7-4-3-5-8-14/h3-5,7-11,21H,2,6,12-13H2,1H3,(H,22,25)(H,23,24). The minimum absolute atomic E-state index is 0.0450. The number of hydrogen-bond acceptors (Lipinski definition) is 3. The number of carbonyl (C=O) groups excluding carboxylic acids is 2. The zero-order valence-electron chi connectivity index (χ0n) is 14.1. The molecule has 0 saturated heterocycles. The molecule has 3 N–H and O–H groups in total. The van der Waals surface area contributed by atoms with E-state index in [1.54, 1.807) is 18.2 Å². The summed E-state index contributed by atoms with van der Waals surface area (Å²) in [6.07, 6.45) is 1.25. The zero-order valence-corrected chi connectivity index (χ0v) is 14.9. The molecule has 2 amide bonds. The van der Waals surface area contributed by atoms with Crippen molar-refractivity contribution in [3.63, 3.8) is 0 Å². The Labute approximate surface area is 152 Å². The van der Waals surface area contributed by atoms with Gasteiger partial charge in [-0.1, -0.05) is 48.9 Å². The molecule has 0 aliphatic heterocycles. The molecule has 5 nitrogen and oxygen atoms in total. The summed E-state index contributed by atoms with van der Waals surface area (Å²) in [6, 6.07) is 14.8. The molecule has 0 fully saturated rings. The van der Waals surface area contributed by atoms with Crippen LogP contribution in [0.25, 0.3) is 0 Å². The normalized spacial score (nSPS) is 10.2. The fourth-order valence-corrected chi connectivity index (χ4v) is 2.41. The van der Waals surface area contributed by atoms with Gasteiger partial charge in [0, 0.05) is 18.7 Å². The first-order valence-electron chi connectivity index (χ1n) is 8.22. The van der Waals surface area contributed by atoms with Crippen molar-refractivity contribution in [2.75, 3.05) is 17.2 Å². The van der Waals surface area contributed by atoms with Gasteiger partial charge in [0.25, 0.3) is 0 Å². The average molecular weight is 360 g/mol. The summed E-state index contributed by atoms with van der Waals surface area (Å²) < 4.78 is 0. The van der Waals surface area contributed by atoms with Gasteiger partial charge in [-0.3, -0.25) is 9.59 Å². The van der Waals surface area contributed by atoms with Crippen LogP contribution in [0.1, 0.15) is 25.3 Å². The number of halogens is 1. The van der Waals surface area contributed by atoms with Crippen molar-refractivity contribution in [2.24, 2.45) is 0 Å². The lowest BCUT2D eigenvalue weighted by Gasteiger charge is -2.12. The van der Waals surface area contributed by atoms with Crippen LogP contribution >= 0.6 is 11.6 Å². The Hall–Kier alpha value is -2.53. The SMILES string of the molecule is CCCC(=O)Nc1ccc(Cl)c(NCC(=O)NCc2ccccc2)c1. The number of carbonyl (C=O) groups is 2. The van der Waals surface area contributed by atoms with E-state index >= 15 is 0 Å². The minimum atomic E-state index is -0.139. The minimum Gasteiger partial charge on any atom is -0.375 e. The van der Waals surface area contributed by atoms with Crippen molar-refractivity contribution < 1.29 is 9.59 Å². The largest absolute Gasteiger partial charge is 0.375 e. The first-order chi connectivity index (χ1) is 12.1. The maximum Gasteiger partial charge on any atom is 0.239 e. The molecule has 6 heteroatoms. The molecule has 2 rings (SSSR count). The molecule has 132 valence electrons. The van der Waals surface area contributed by atoms with Crippen LogP contribution in [-0.2, 0) is 16.1 Å². The van der Waals surface area contributed by atoms with Gasteiger partial charge in [0.15, 0.2) is 0 Å². The highest BCUT2D eigenvalue weighted by molar-refractivity contribution is 6.33. The van der Waals surface area contributed by atoms with Crippen LogP contribution in [0.3, 0.4) is 0 Å². The quantitative estimate of drug-likeness (QED) is 0.671. The zero-order chi connectivity index (χ0) is 18.1. The maximum atomic E-state index is 12.0. The predicted octanol–water partition coefficient (Wildman–Crippen LogP) is 3.81. The Morgan fingerprint density at radius 3 is 2.52 bits per heavy atom. The Kier molecular flexibility index (Phi) is 7.29. The Balaban J connectivity index is 1.86. The molecule has 25 heavy (non-hydrogen) atoms. The fraction of sp³-hybridized carbons (Fsp3) is 0.263. The fourth-order valence-electron chi connectivity index (χ4n) is 2.22. The van der Waals surface area contributed by atoms with E-state index in [4.69, 9.17) is 11.6 Å². The average Bonchev–Trinajstić information content (AvgIpc) is 2.61. The third-order valence-corrected chi connectivity index (χ3v) is 3.83. The van der Waals surface area contributed by atoms with Gasteiger partial charge in [-0.2, -0.15) is 0 Å². The van der Waals surface area contributed by atoms with Crippen LogP contribution in [0.15, 0.2) is 48.5 Å². The lowest BCUT2D eigenvalue weighted by Crippen LogP contribution is -2.29. The van der Waals surface area contributed by atoms with Gasteiger partial charge < -0.3 is 16.0 Å². The van der Waals surface area contributed by atoms with E-state index in [0.29, 0.717) is 29.4 Å². The van der Waals surface area contributed by atoms with Crippen LogP contribution in [0.4, 0.5) is 11.4 Å². The van der Waals surface area contributed by atoms with Crippen molar-refractivity contribution in [3.05, 3.63) is 59.1 Å². The number of benzene rings is 2. The van der Waals surface area contributed by atoms with Crippen molar-refractivity contribution >= 4 is 34.8 Å². The second-order valence-electron chi connectivity index (χ2n) is 5.61. The van der Waals surface area contributed by atoms with Crippen LogP contribution in [0, 0.1) is 0 Å². The van der Waals surface area contributed by atoms with E-state index in [1.807, 2.05) is 37.3 Å². The van der Waals surface area contributed by atoms with Gasteiger partial charge in [-0.05, 0) is 30.2 Å². The molecule has 2 aromatic carbocycles. The molecule has 2 aromatic rings. The second kappa shape index (κ2) is 9.69. The first-order valence-corrected chi connectivity index (χ1v) is 8.60. The number of hydrogen-bond donors (Lipinski definition) is 3. The smallest absolute Gasteiger partial charge is 0.239 e. The van der Waals surface area contributed by atoms with Crippen LogP contribution in [-0.4, -0.2) is 18.4 Å². The Morgan fingerprint density at radius 1 is 1.04 bits per heavy atom. The van der Waals surface area contributed by atoms with Crippen LogP contribution in [0.2, 0.25) is 5.02 Å². The van der Waals surface area contributed by atoms with E-state index in [0.717, 1.165) is 12.0 Å². The van der Waals surface area contributed by atoms with Crippen LogP contribution < -0.4 is 16.0 Å². The van der Waals surface area contributed by atoms with Gasteiger partial charge in [0.05, 0.1) is 17.3 Å². The van der Waals surface area contributed by atoms with Gasteiger partial charge >= 0.3 is 0 Å². The van der Waals surface area contributed by atoms with Crippen LogP contribution in [0.5, 0.6) is 0 Å². The summed E-state index contributed by atoms with van der Waals surface area (Å²) in [5.41, 5.74) is 2.29. The molecule has 0 bridgehead atoms. The summed E-state index contributed by atoms with van der Waals surface area (Å²) in [4.78, 5) is 23.6. The predicted molar refractivity (Wildman–Crippen MR) is 102 cm³/mol. The summed E-state index contributed by atoms with van der Waals surface area (Å²) in [5, 5.41) is 9.13. The highest BCUT2D eigenvalue weighted by Gasteiger charge is 2.07. The molecular weight excluding hydrogens is 338 g/mol. The van der Waals surface area contributed by atoms with Gasteiger partial charge in [0.2, 0.25) is 11.8 Å². The van der Waals surface area contributed by atoms with E-state index in [-0.39, 0.29) is 18.4 Å². The van der Waals surface area contributed by atoms with E-state index in [1.165, 1.54) is 0 Å². The van der Waals surface area contributed by atoms with E-state index in [9.17, 15) is 9.59 Å². The molecular formula is C19H22ClN3O2. The summed E-state index contributed by atoms with van der Waals surface area (Å²) in [6.45, 7) is 2.52. The van der Waals surface area contributed by atoms with Gasteiger partial charge in [0.1, 0.15) is 0 Å². The number of nitrogens with one attached hydrogen (secondary N) is 3. The second-order valence-corrected chi connectivity index (χ2v) is 6.02. The van der Waals surface area contributed by atoms with Gasteiger partial charge in [-0.25, -0.2) is 0 Å². The highest BCUT2D eigenvalue weighted by atomic mass is 35.5. The Bertz CT molecular complexity index is 720. The van der Waals surface area contributed by atoms with Crippen molar-refractivity contribution in [3.8, 4) is 0 Å². The molecule has 0 radical (unpaired) electrons. The molecule has 0 aliphatic rings. The molecule has 0 aliphatic carbocycles. The third kappa shape index (κ3) is 6.47. The maximum absolute atomic E-state index is 12.0. The van der Waals surface area contributed by atoms with E-state index < -0.39 is 0 Å². The third-order valence-electron chi connectivity index (χ3n) is 3.50. The number of rotatable bonds is 8. The first kappa shape index (κ1) is 18.8. The molecule has 0 aromatic heterocycles. The Morgan fingerprint density at radius 2 is 1.80 bits per heavy atom. The molecule has 0 saturated carbocycles. The van der Waals surface area contributed by atoms with Crippen molar-refractivity contribution in [1.82, 2.24) is 5.32 Å². The molecule has 0 spiro atoms. The number of amides is 2. The van der Waals surface area contributed by atoms with E-state index in [2.05, 4.69) is 16.0 Å². The van der Waals surface area contributed by atoms with Gasteiger partial charge in [-0.15, -0.1) is 0 Å². The molecule has 0 heterocycles. The van der Waals surface area contributed by atoms with Crippen molar-refractivity contribution in [1.29, 1.82) is 0 Å². The lowest BCUT2D eigenvalue weighted by molar-refractivity contribution is -0.119. The molecule has 0 unspecified atom stereocenters. The summed E-state index contributed by atoms with van der Waals surface area (Å²) >= 11 is 6.14. The number of anilines is 2. The summed E-state index contributed by atoms with van der Waals surface area (Å²) in [7, 11) is 0. The lowest BCUT2D eigenvalue weighted by atomic mass is 10.2. The monoisotopic (exact) mass is 359 g/mol.